The third-order valence-electron chi connectivity index (χ3n) is 4.78. The smallest absolute Gasteiger partial charge is 0.338 e. The monoisotopic (exact) mass is 446 g/mol. The summed E-state index contributed by atoms with van der Waals surface area (Å²) in [6.45, 7) is 9.00. The molecule has 1 fully saturated rings. The number of hydrogen-bond donors (Lipinski definition) is 0. The summed E-state index contributed by atoms with van der Waals surface area (Å²) in [6, 6.07) is 4.23. The average molecular weight is 447 g/mol. The number of ether oxygens (including phenoxy) is 3. The largest absolute Gasteiger partial charge is 0.493 e. The first-order valence-electron chi connectivity index (χ1n) is 9.96. The Kier molecular flexibility index (Phi) is 6.74. The van der Waals surface area contributed by atoms with E-state index in [0.717, 1.165) is 0 Å². The number of fused-ring (bicyclic) bond motifs is 1. The van der Waals surface area contributed by atoms with Crippen LogP contribution < -0.4 is 9.47 Å². The van der Waals surface area contributed by atoms with Crippen LogP contribution in [0, 0.1) is 5.92 Å². The fourth-order valence-electron chi connectivity index (χ4n) is 3.39. The molecule has 1 saturated heterocycles. The molecule has 0 saturated carbocycles. The molecule has 2 heterocycles. The van der Waals surface area contributed by atoms with E-state index in [2.05, 4.69) is 4.99 Å². The van der Waals surface area contributed by atoms with E-state index in [1.54, 1.807) is 32.0 Å². The number of carbonyl (C=O) groups excluding carboxylic acids is 3. The summed E-state index contributed by atoms with van der Waals surface area (Å²) in [5.74, 6) is -0.400. The van der Waals surface area contributed by atoms with Gasteiger partial charge in [-0.2, -0.15) is 0 Å². The number of hydrogen-bond acceptors (Lipinski definition) is 8. The van der Waals surface area contributed by atoms with Crippen LogP contribution in [0.25, 0.3) is 0 Å². The zero-order chi connectivity index (χ0) is 22.9. The van der Waals surface area contributed by atoms with Crippen molar-refractivity contribution in [3.63, 3.8) is 0 Å². The summed E-state index contributed by atoms with van der Waals surface area (Å²) >= 11 is 1.35. The van der Waals surface area contributed by atoms with Crippen molar-refractivity contribution in [2.45, 2.75) is 45.9 Å². The first-order valence-corrected chi connectivity index (χ1v) is 10.8. The van der Waals surface area contributed by atoms with E-state index < -0.39 is 18.0 Å². The van der Waals surface area contributed by atoms with Crippen LogP contribution >= 0.6 is 11.8 Å². The Morgan fingerprint density at radius 2 is 1.97 bits per heavy atom. The molecule has 0 N–H and O–H groups in total. The maximum atomic E-state index is 13.0. The summed E-state index contributed by atoms with van der Waals surface area (Å²) in [5.41, 5.74) is 1.43. The molecule has 1 aromatic carbocycles. The molecular formula is C22H26N2O6S. The third kappa shape index (κ3) is 4.61. The third-order valence-corrected chi connectivity index (χ3v) is 5.84. The second-order valence-corrected chi connectivity index (χ2v) is 9.07. The molecule has 2 atom stereocenters. The van der Waals surface area contributed by atoms with Gasteiger partial charge in [0.1, 0.15) is 0 Å². The first-order chi connectivity index (χ1) is 14.6. The minimum absolute atomic E-state index is 0.140. The lowest BCUT2D eigenvalue weighted by Crippen LogP contribution is -2.40. The summed E-state index contributed by atoms with van der Waals surface area (Å²) in [7, 11) is 1.46. The Morgan fingerprint density at radius 3 is 2.58 bits per heavy atom. The maximum Gasteiger partial charge on any atom is 0.338 e. The molecule has 1 aromatic rings. The second-order valence-electron chi connectivity index (χ2n) is 7.76. The van der Waals surface area contributed by atoms with Gasteiger partial charge in [-0.15, -0.1) is 0 Å². The van der Waals surface area contributed by atoms with Crippen LogP contribution in [0.15, 0.2) is 34.5 Å². The van der Waals surface area contributed by atoms with Gasteiger partial charge in [-0.25, -0.2) is 9.79 Å². The number of rotatable bonds is 6. The molecule has 2 aliphatic rings. The van der Waals surface area contributed by atoms with E-state index >= 15 is 0 Å². The van der Waals surface area contributed by atoms with Crippen molar-refractivity contribution >= 4 is 34.8 Å². The van der Waals surface area contributed by atoms with Crippen molar-refractivity contribution in [2.75, 3.05) is 13.7 Å². The average Bonchev–Trinajstić information content (AvgIpc) is 2.98. The molecule has 1 amide bonds. The van der Waals surface area contributed by atoms with Gasteiger partial charge in [0.15, 0.2) is 16.7 Å². The Labute approximate surface area is 185 Å². The molecule has 0 radical (unpaired) electrons. The number of nitrogens with zero attached hydrogens (tertiary/aromatic N) is 2. The van der Waals surface area contributed by atoms with Crippen LogP contribution in [0.3, 0.4) is 0 Å². The van der Waals surface area contributed by atoms with Gasteiger partial charge in [-0.3, -0.25) is 14.5 Å². The number of allylic oxidation sites excluding steroid dienone is 1. The maximum absolute atomic E-state index is 13.0. The molecule has 2 aliphatic heterocycles. The SMILES string of the molecule is COc1cc([C@H]2C(C(=O)OCC(C)C)=C(C)N=C3S[C@@H](C)C(=O)N32)ccc1OC(C)=O. The topological polar surface area (TPSA) is 94.5 Å². The van der Waals surface area contributed by atoms with Gasteiger partial charge >= 0.3 is 11.9 Å². The predicted molar refractivity (Wildman–Crippen MR) is 117 cm³/mol. The quantitative estimate of drug-likeness (QED) is 0.488. The molecule has 0 bridgehead atoms. The van der Waals surface area contributed by atoms with Crippen molar-refractivity contribution in [3.05, 3.63) is 35.0 Å². The van der Waals surface area contributed by atoms with Crippen molar-refractivity contribution < 1.29 is 28.6 Å². The van der Waals surface area contributed by atoms with Crippen LogP contribution in [-0.2, 0) is 19.1 Å². The van der Waals surface area contributed by atoms with Gasteiger partial charge in [-0.1, -0.05) is 31.7 Å². The lowest BCUT2D eigenvalue weighted by Gasteiger charge is -2.33. The number of thioether (sulfide) groups is 1. The van der Waals surface area contributed by atoms with Gasteiger partial charge in [0.2, 0.25) is 5.91 Å². The number of benzene rings is 1. The van der Waals surface area contributed by atoms with Crippen molar-refractivity contribution in [1.82, 2.24) is 4.90 Å². The lowest BCUT2D eigenvalue weighted by molar-refractivity contribution is -0.141. The molecule has 166 valence electrons. The number of carbonyl (C=O) groups is 3. The number of esters is 2. The van der Waals surface area contributed by atoms with Crippen molar-refractivity contribution in [2.24, 2.45) is 10.9 Å². The Balaban J connectivity index is 2.10. The van der Waals surface area contributed by atoms with E-state index in [4.69, 9.17) is 14.2 Å². The zero-order valence-electron chi connectivity index (χ0n) is 18.4. The summed E-state index contributed by atoms with van der Waals surface area (Å²) in [4.78, 5) is 43.5. The van der Waals surface area contributed by atoms with Crippen molar-refractivity contribution in [1.29, 1.82) is 0 Å². The molecule has 3 rings (SSSR count). The van der Waals surface area contributed by atoms with E-state index in [1.165, 1.54) is 30.7 Å². The fourth-order valence-corrected chi connectivity index (χ4v) is 4.42. The predicted octanol–water partition coefficient (Wildman–Crippen LogP) is 3.47. The van der Waals surface area contributed by atoms with Crippen LogP contribution in [-0.4, -0.2) is 46.9 Å². The minimum atomic E-state index is -0.725. The van der Waals surface area contributed by atoms with Gasteiger partial charge < -0.3 is 14.2 Å². The lowest BCUT2D eigenvalue weighted by atomic mass is 9.94. The first kappa shape index (κ1) is 22.9. The van der Waals surface area contributed by atoms with Crippen LogP contribution in [0.2, 0.25) is 0 Å². The number of amides is 1. The Hall–Kier alpha value is -2.81. The van der Waals surface area contributed by atoms with Crippen molar-refractivity contribution in [3.8, 4) is 11.5 Å². The fraction of sp³-hybridized carbons (Fsp3) is 0.455. The molecule has 31 heavy (non-hydrogen) atoms. The summed E-state index contributed by atoms with van der Waals surface area (Å²) in [6.07, 6.45) is 0. The highest BCUT2D eigenvalue weighted by Crippen LogP contribution is 2.44. The molecule has 9 heteroatoms. The Bertz CT molecular complexity index is 984. The minimum Gasteiger partial charge on any atom is -0.493 e. The van der Waals surface area contributed by atoms with E-state index in [-0.39, 0.29) is 29.4 Å². The molecule has 8 nitrogen and oxygen atoms in total. The van der Waals surface area contributed by atoms with Crippen LogP contribution in [0.5, 0.6) is 11.5 Å². The van der Waals surface area contributed by atoms with E-state index in [1.807, 2.05) is 13.8 Å². The highest BCUT2D eigenvalue weighted by molar-refractivity contribution is 8.15. The standard InChI is InChI=1S/C22H26N2O6S/c1-11(2)10-29-21(27)18-12(3)23-22-24(20(26)13(4)31-22)19(18)15-7-8-16(30-14(5)25)17(9-15)28-6/h7-9,11,13,19H,10H2,1-6H3/t13-,19-/m0/s1. The molecule has 0 spiro atoms. The van der Waals surface area contributed by atoms with Crippen LogP contribution in [0.4, 0.5) is 0 Å². The molecule has 0 aromatic heterocycles. The summed E-state index contributed by atoms with van der Waals surface area (Å²) in [5, 5.41) is 0.228. The molecule has 0 aliphatic carbocycles. The molecular weight excluding hydrogens is 420 g/mol. The zero-order valence-corrected chi connectivity index (χ0v) is 19.2. The normalized spacial score (nSPS) is 20.5. The second kappa shape index (κ2) is 9.13. The van der Waals surface area contributed by atoms with Gasteiger partial charge in [0, 0.05) is 6.92 Å². The van der Waals surface area contributed by atoms with Gasteiger partial charge in [0.05, 0.1) is 36.3 Å². The molecule has 0 unspecified atom stereocenters. The van der Waals surface area contributed by atoms with Gasteiger partial charge in [0.25, 0.3) is 0 Å². The van der Waals surface area contributed by atoms with Gasteiger partial charge in [-0.05, 0) is 37.5 Å². The summed E-state index contributed by atoms with van der Waals surface area (Å²) < 4.78 is 16.1. The number of aliphatic imine (C=N–C) groups is 1. The Morgan fingerprint density at radius 1 is 1.26 bits per heavy atom. The van der Waals surface area contributed by atoms with Crippen LogP contribution in [0.1, 0.15) is 46.2 Å². The van der Waals surface area contributed by atoms with E-state index in [0.29, 0.717) is 27.8 Å². The number of methoxy groups -OCH3 is 1. The van der Waals surface area contributed by atoms with E-state index in [9.17, 15) is 14.4 Å². The highest BCUT2D eigenvalue weighted by atomic mass is 32.2. The number of amidine groups is 1. The highest BCUT2D eigenvalue weighted by Gasteiger charge is 2.46.